The van der Waals surface area contributed by atoms with Crippen LogP contribution in [-0.2, 0) is 0 Å². The zero-order valence-electron chi connectivity index (χ0n) is 11.4. The van der Waals surface area contributed by atoms with Crippen molar-refractivity contribution in [1.82, 2.24) is 5.32 Å². The molecule has 0 amide bonds. The maximum Gasteiger partial charge on any atom is 0.171 e. The molecule has 19 heavy (non-hydrogen) atoms. The second kappa shape index (κ2) is 6.33. The highest BCUT2D eigenvalue weighted by molar-refractivity contribution is 7.80. The fourth-order valence-corrected chi connectivity index (χ4v) is 2.94. The summed E-state index contributed by atoms with van der Waals surface area (Å²) < 4.78 is 13.5. The van der Waals surface area contributed by atoms with Crippen molar-refractivity contribution in [3.63, 3.8) is 0 Å². The minimum Gasteiger partial charge on any atom is -0.359 e. The molecule has 1 aliphatic rings. The average Bonchev–Trinajstić information content (AvgIpc) is 2.38. The minimum absolute atomic E-state index is 0.281. The maximum atomic E-state index is 13.5. The van der Waals surface area contributed by atoms with Crippen LogP contribution < -0.4 is 10.6 Å². The zero-order valence-corrected chi connectivity index (χ0v) is 12.3. The lowest BCUT2D eigenvalue weighted by Crippen LogP contribution is -2.45. The minimum atomic E-state index is -0.281. The molecule has 0 saturated heterocycles. The Hall–Kier alpha value is -1.16. The fraction of sp³-hybridized carbons (Fsp3) is 0.533. The second-order valence-corrected chi connectivity index (χ2v) is 5.86. The van der Waals surface area contributed by atoms with Crippen LogP contribution in [0, 0.1) is 17.7 Å². The summed E-state index contributed by atoms with van der Waals surface area (Å²) in [5.41, 5.74) is 0.427. The van der Waals surface area contributed by atoms with Crippen molar-refractivity contribution >= 4 is 23.0 Å². The lowest BCUT2D eigenvalue weighted by atomic mass is 9.78. The molecule has 2 N–H and O–H groups in total. The summed E-state index contributed by atoms with van der Waals surface area (Å²) in [4.78, 5) is 0. The van der Waals surface area contributed by atoms with E-state index in [4.69, 9.17) is 12.2 Å². The molecule has 1 aromatic rings. The molecule has 0 heterocycles. The lowest BCUT2D eigenvalue weighted by molar-refractivity contribution is 0.225. The standard InChI is InChI=1S/C15H21FN2S/c1-10-6-5-9-13(11(10)2)17-15(19)18-14-8-4-3-7-12(14)16/h3-4,7-8,10-11,13H,5-6,9H2,1-2H3,(H2,17,18,19)/t10-,11-,13+/m1/s1. The van der Waals surface area contributed by atoms with E-state index >= 15 is 0 Å². The number of anilines is 1. The van der Waals surface area contributed by atoms with E-state index in [9.17, 15) is 4.39 Å². The summed E-state index contributed by atoms with van der Waals surface area (Å²) in [6.07, 6.45) is 3.64. The van der Waals surface area contributed by atoms with Gasteiger partial charge in [-0.15, -0.1) is 0 Å². The largest absolute Gasteiger partial charge is 0.359 e. The van der Waals surface area contributed by atoms with E-state index in [-0.39, 0.29) is 5.82 Å². The van der Waals surface area contributed by atoms with Crippen LogP contribution in [0.4, 0.5) is 10.1 Å². The lowest BCUT2D eigenvalue weighted by Gasteiger charge is -2.35. The summed E-state index contributed by atoms with van der Waals surface area (Å²) in [5, 5.41) is 6.78. The third-order valence-corrected chi connectivity index (χ3v) is 4.37. The van der Waals surface area contributed by atoms with Crippen molar-refractivity contribution in [2.75, 3.05) is 5.32 Å². The monoisotopic (exact) mass is 280 g/mol. The molecule has 0 aliphatic heterocycles. The smallest absolute Gasteiger partial charge is 0.171 e. The van der Waals surface area contributed by atoms with Crippen molar-refractivity contribution < 1.29 is 4.39 Å². The summed E-state index contributed by atoms with van der Waals surface area (Å²) >= 11 is 5.28. The van der Waals surface area contributed by atoms with Gasteiger partial charge in [-0.25, -0.2) is 4.39 Å². The predicted molar refractivity (Wildman–Crippen MR) is 81.7 cm³/mol. The van der Waals surface area contributed by atoms with Crippen LogP contribution in [0.3, 0.4) is 0 Å². The van der Waals surface area contributed by atoms with Crippen LogP contribution in [0.15, 0.2) is 24.3 Å². The first kappa shape index (κ1) is 14.3. The number of hydrogen-bond donors (Lipinski definition) is 2. The van der Waals surface area contributed by atoms with E-state index in [1.165, 1.54) is 18.9 Å². The molecule has 0 bridgehead atoms. The van der Waals surface area contributed by atoms with Crippen LogP contribution in [-0.4, -0.2) is 11.2 Å². The molecule has 3 atom stereocenters. The van der Waals surface area contributed by atoms with Crippen molar-refractivity contribution in [2.24, 2.45) is 11.8 Å². The molecule has 1 aliphatic carbocycles. The Balaban J connectivity index is 1.93. The molecule has 2 nitrogen and oxygen atoms in total. The van der Waals surface area contributed by atoms with Crippen LogP contribution >= 0.6 is 12.2 Å². The molecule has 1 fully saturated rings. The Kier molecular flexibility index (Phi) is 4.75. The summed E-state index contributed by atoms with van der Waals surface area (Å²) in [6, 6.07) is 6.96. The van der Waals surface area contributed by atoms with Gasteiger partial charge in [0.25, 0.3) is 0 Å². The van der Waals surface area contributed by atoms with Crippen LogP contribution in [0.25, 0.3) is 0 Å². The molecule has 104 valence electrons. The van der Waals surface area contributed by atoms with Gasteiger partial charge in [0, 0.05) is 6.04 Å². The summed E-state index contributed by atoms with van der Waals surface area (Å²) in [5.74, 6) is 1.02. The number of nitrogens with one attached hydrogen (secondary N) is 2. The van der Waals surface area contributed by atoms with Crippen molar-refractivity contribution in [3.8, 4) is 0 Å². The van der Waals surface area contributed by atoms with E-state index in [0.29, 0.717) is 28.7 Å². The van der Waals surface area contributed by atoms with Crippen molar-refractivity contribution in [2.45, 2.75) is 39.2 Å². The Morgan fingerprint density at radius 2 is 2.00 bits per heavy atom. The number of para-hydroxylation sites is 1. The van der Waals surface area contributed by atoms with Crippen LogP contribution in [0.1, 0.15) is 33.1 Å². The topological polar surface area (TPSA) is 24.1 Å². The predicted octanol–water partition coefficient (Wildman–Crippen LogP) is 3.94. The second-order valence-electron chi connectivity index (χ2n) is 5.45. The van der Waals surface area contributed by atoms with Gasteiger partial charge in [-0.1, -0.05) is 38.8 Å². The van der Waals surface area contributed by atoms with E-state index in [2.05, 4.69) is 24.5 Å². The molecule has 0 spiro atoms. The van der Waals surface area contributed by atoms with Crippen LogP contribution in [0.5, 0.6) is 0 Å². The Morgan fingerprint density at radius 3 is 2.74 bits per heavy atom. The quantitative estimate of drug-likeness (QED) is 0.803. The molecule has 0 unspecified atom stereocenters. The summed E-state index contributed by atoms with van der Waals surface area (Å²) in [6.45, 7) is 4.54. The van der Waals surface area contributed by atoms with Gasteiger partial charge in [0.1, 0.15) is 5.82 Å². The Labute approximate surface area is 119 Å². The third kappa shape index (κ3) is 3.66. The molecule has 1 aromatic carbocycles. The highest BCUT2D eigenvalue weighted by Gasteiger charge is 2.27. The SMILES string of the molecule is C[C@@H]1[C@H](C)CCC[C@@H]1NC(=S)Nc1ccccc1F. The molecule has 0 aromatic heterocycles. The first-order valence-electron chi connectivity index (χ1n) is 6.90. The van der Waals surface area contributed by atoms with Gasteiger partial charge in [0.05, 0.1) is 5.69 Å². The maximum absolute atomic E-state index is 13.5. The van der Waals surface area contributed by atoms with Gasteiger partial charge in [-0.05, 0) is 42.6 Å². The van der Waals surface area contributed by atoms with Gasteiger partial charge < -0.3 is 10.6 Å². The average molecular weight is 280 g/mol. The number of rotatable bonds is 2. The van der Waals surface area contributed by atoms with E-state index < -0.39 is 0 Å². The molecule has 1 saturated carbocycles. The Bertz CT molecular complexity index is 450. The van der Waals surface area contributed by atoms with Crippen molar-refractivity contribution in [1.29, 1.82) is 0 Å². The third-order valence-electron chi connectivity index (χ3n) is 4.15. The van der Waals surface area contributed by atoms with E-state index in [1.54, 1.807) is 18.2 Å². The molecular formula is C15H21FN2S. The molecule has 4 heteroatoms. The molecular weight excluding hydrogens is 259 g/mol. The fourth-order valence-electron chi connectivity index (χ4n) is 2.68. The Morgan fingerprint density at radius 1 is 1.26 bits per heavy atom. The molecule has 2 rings (SSSR count). The zero-order chi connectivity index (χ0) is 13.8. The van der Waals surface area contributed by atoms with Gasteiger partial charge in [0.2, 0.25) is 0 Å². The molecule has 0 radical (unpaired) electrons. The van der Waals surface area contributed by atoms with Gasteiger partial charge in [0.15, 0.2) is 5.11 Å². The number of benzene rings is 1. The number of thiocarbonyl (C=S) groups is 1. The van der Waals surface area contributed by atoms with Gasteiger partial charge >= 0.3 is 0 Å². The normalized spacial score (nSPS) is 26.8. The summed E-state index contributed by atoms with van der Waals surface area (Å²) in [7, 11) is 0. The van der Waals surface area contributed by atoms with Gasteiger partial charge in [-0.3, -0.25) is 0 Å². The van der Waals surface area contributed by atoms with E-state index in [0.717, 1.165) is 6.42 Å². The van der Waals surface area contributed by atoms with Gasteiger partial charge in [-0.2, -0.15) is 0 Å². The van der Waals surface area contributed by atoms with Crippen molar-refractivity contribution in [3.05, 3.63) is 30.1 Å². The van der Waals surface area contributed by atoms with E-state index in [1.807, 2.05) is 0 Å². The van der Waals surface area contributed by atoms with Crippen LogP contribution in [0.2, 0.25) is 0 Å². The first-order valence-corrected chi connectivity index (χ1v) is 7.31. The number of hydrogen-bond acceptors (Lipinski definition) is 1. The highest BCUT2D eigenvalue weighted by Crippen LogP contribution is 2.29. The highest BCUT2D eigenvalue weighted by atomic mass is 32.1. The number of halogens is 1. The first-order chi connectivity index (χ1) is 9.08.